The molecule has 0 aliphatic heterocycles. The summed E-state index contributed by atoms with van der Waals surface area (Å²) in [5, 5.41) is 44.4. The van der Waals surface area contributed by atoms with Crippen molar-refractivity contribution in [3.63, 3.8) is 0 Å². The molecule has 0 fully saturated rings. The topological polar surface area (TPSA) is 160 Å². The highest BCUT2D eigenvalue weighted by molar-refractivity contribution is 6.07. The Balaban J connectivity index is 2.23. The third-order valence-electron chi connectivity index (χ3n) is 4.07. The maximum absolute atomic E-state index is 13.2. The van der Waals surface area contributed by atoms with Crippen LogP contribution in [0.5, 0.6) is 17.2 Å². The lowest BCUT2D eigenvalue weighted by Crippen LogP contribution is -2.12. The minimum absolute atomic E-state index is 0.103. The van der Waals surface area contributed by atoms with Gasteiger partial charge in [0.15, 0.2) is 23.1 Å². The van der Waals surface area contributed by atoms with E-state index in [-0.39, 0.29) is 22.8 Å². The van der Waals surface area contributed by atoms with Crippen LogP contribution in [-0.2, 0) is 0 Å². The molecular weight excluding hydrogens is 389 g/mol. The van der Waals surface area contributed by atoms with Crippen LogP contribution >= 0.6 is 0 Å². The highest BCUT2D eigenvalue weighted by atomic mass is 19.1. The zero-order valence-electron chi connectivity index (χ0n) is 15.1. The summed E-state index contributed by atoms with van der Waals surface area (Å²) in [6.07, 6.45) is 0. The van der Waals surface area contributed by atoms with Crippen LogP contribution in [0.4, 0.5) is 10.1 Å². The normalized spacial score (nSPS) is 11.0. The third-order valence-corrected chi connectivity index (χ3v) is 4.07. The molecule has 0 aliphatic carbocycles. The summed E-state index contributed by atoms with van der Waals surface area (Å²) in [5.74, 6) is -5.27. The molecule has 3 aromatic rings. The van der Waals surface area contributed by atoms with Crippen molar-refractivity contribution in [1.29, 1.82) is 0 Å². The first-order valence-electron chi connectivity index (χ1n) is 8.22. The lowest BCUT2D eigenvalue weighted by Gasteiger charge is -2.11. The summed E-state index contributed by atoms with van der Waals surface area (Å²) in [4.78, 5) is 27.1. The van der Waals surface area contributed by atoms with Crippen molar-refractivity contribution in [2.75, 3.05) is 0 Å². The highest BCUT2D eigenvalue weighted by Gasteiger charge is 2.34. The Bertz CT molecular complexity index is 1140. The predicted molar refractivity (Wildman–Crippen MR) is 95.9 cm³/mol. The Morgan fingerprint density at radius 3 is 2.48 bits per heavy atom. The summed E-state index contributed by atoms with van der Waals surface area (Å²) in [6, 6.07) is 4.19. The van der Waals surface area contributed by atoms with E-state index >= 15 is 0 Å². The number of benzene rings is 2. The number of hydrogen-bond donors (Lipinski definition) is 3. The van der Waals surface area contributed by atoms with Crippen molar-refractivity contribution >= 4 is 11.5 Å². The molecule has 1 aromatic heterocycles. The molecule has 150 valence electrons. The van der Waals surface area contributed by atoms with Crippen LogP contribution in [0, 0.1) is 21.8 Å². The van der Waals surface area contributed by atoms with Crippen molar-refractivity contribution in [2.45, 2.75) is 13.8 Å². The minimum Gasteiger partial charge on any atom is -0.505 e. The molecule has 1 heterocycles. The molecule has 0 amide bonds. The Hall–Kier alpha value is -4.02. The molecule has 0 bridgehead atoms. The van der Waals surface area contributed by atoms with E-state index in [1.807, 2.05) is 0 Å². The Labute approximate surface area is 162 Å². The lowest BCUT2D eigenvalue weighted by molar-refractivity contribution is -0.386. The van der Waals surface area contributed by atoms with E-state index in [0.29, 0.717) is 0 Å². The summed E-state index contributed by atoms with van der Waals surface area (Å²) < 4.78 is 18.3. The Morgan fingerprint density at radius 1 is 1.21 bits per heavy atom. The molecule has 0 unspecified atom stereocenters. The molecule has 0 aliphatic rings. The second kappa shape index (κ2) is 7.19. The number of ketones is 1. The zero-order valence-corrected chi connectivity index (χ0v) is 15.1. The van der Waals surface area contributed by atoms with Gasteiger partial charge >= 0.3 is 5.69 Å². The fraction of sp³-hybridized carbons (Fsp3) is 0.167. The second-order valence-electron chi connectivity index (χ2n) is 6.38. The van der Waals surface area contributed by atoms with Gasteiger partial charge < -0.3 is 19.8 Å². The number of nitro groups is 1. The summed E-state index contributed by atoms with van der Waals surface area (Å²) in [5.41, 5.74) is -1.57. The van der Waals surface area contributed by atoms with Gasteiger partial charge in [-0.1, -0.05) is 19.0 Å². The van der Waals surface area contributed by atoms with E-state index in [4.69, 9.17) is 4.52 Å². The minimum atomic E-state index is -1.06. The largest absolute Gasteiger partial charge is 0.505 e. The molecule has 10 nitrogen and oxygen atoms in total. The molecule has 3 rings (SSSR count). The van der Waals surface area contributed by atoms with Gasteiger partial charge in [-0.05, 0) is 24.3 Å². The second-order valence-corrected chi connectivity index (χ2v) is 6.38. The van der Waals surface area contributed by atoms with Crippen molar-refractivity contribution in [1.82, 2.24) is 10.1 Å². The van der Waals surface area contributed by atoms with Crippen LogP contribution in [0.25, 0.3) is 22.8 Å². The Morgan fingerprint density at radius 2 is 1.90 bits per heavy atom. The van der Waals surface area contributed by atoms with Crippen LogP contribution < -0.4 is 0 Å². The number of Topliss-reactive ketones (excluding diaryl/α,β-unsaturated/α-hetero) is 1. The summed E-state index contributed by atoms with van der Waals surface area (Å²) in [6.45, 7) is 3.00. The van der Waals surface area contributed by atoms with Gasteiger partial charge in [0.2, 0.25) is 11.6 Å². The molecule has 0 saturated carbocycles. The number of rotatable bonds is 5. The fourth-order valence-electron chi connectivity index (χ4n) is 2.63. The van der Waals surface area contributed by atoms with Crippen LogP contribution in [0.1, 0.15) is 24.2 Å². The van der Waals surface area contributed by atoms with Gasteiger partial charge in [0, 0.05) is 11.5 Å². The van der Waals surface area contributed by atoms with Crippen LogP contribution in [0.15, 0.2) is 28.8 Å². The molecule has 2 aromatic carbocycles. The first-order chi connectivity index (χ1) is 13.6. The number of nitrogens with zero attached hydrogens (tertiary/aromatic N) is 3. The van der Waals surface area contributed by atoms with E-state index in [9.17, 15) is 34.6 Å². The van der Waals surface area contributed by atoms with Crippen molar-refractivity contribution in [2.24, 2.45) is 5.92 Å². The molecule has 11 heteroatoms. The van der Waals surface area contributed by atoms with Crippen LogP contribution in [0.3, 0.4) is 0 Å². The number of halogens is 1. The van der Waals surface area contributed by atoms with Crippen molar-refractivity contribution < 1.29 is 34.0 Å². The number of hydrogen-bond acceptors (Lipinski definition) is 9. The number of aromatic hydroxyl groups is 3. The van der Waals surface area contributed by atoms with Gasteiger partial charge in [0.05, 0.1) is 10.5 Å². The van der Waals surface area contributed by atoms with E-state index in [1.54, 1.807) is 0 Å². The van der Waals surface area contributed by atoms with Crippen molar-refractivity contribution in [3.05, 3.63) is 45.8 Å². The molecule has 0 saturated heterocycles. The molecule has 3 N–H and O–H groups in total. The molecule has 0 atom stereocenters. The van der Waals surface area contributed by atoms with Gasteiger partial charge in [-0.2, -0.15) is 4.98 Å². The first-order valence-corrected chi connectivity index (χ1v) is 8.22. The monoisotopic (exact) mass is 403 g/mol. The average molecular weight is 403 g/mol. The average Bonchev–Trinajstić information content (AvgIpc) is 3.14. The molecule has 0 spiro atoms. The van der Waals surface area contributed by atoms with E-state index in [0.717, 1.165) is 18.2 Å². The third kappa shape index (κ3) is 3.45. The molecule has 29 heavy (non-hydrogen) atoms. The van der Waals surface area contributed by atoms with Gasteiger partial charge in [0.25, 0.3) is 5.89 Å². The number of carbonyl (C=O) groups is 1. The Kier molecular flexibility index (Phi) is 4.89. The molecular formula is C18H14FN3O7. The van der Waals surface area contributed by atoms with E-state index in [1.165, 1.54) is 19.9 Å². The SMILES string of the molecule is CC(C)C(=O)c1c(-c2nc(-c3ccc(F)c(O)c3)no2)cc(O)c(O)c1[N+](=O)[O-]. The highest BCUT2D eigenvalue weighted by Crippen LogP contribution is 2.44. The lowest BCUT2D eigenvalue weighted by atomic mass is 9.93. The summed E-state index contributed by atoms with van der Waals surface area (Å²) in [7, 11) is 0. The number of carbonyl (C=O) groups excluding carboxylic acids is 1. The quantitative estimate of drug-likeness (QED) is 0.251. The zero-order chi connectivity index (χ0) is 21.5. The van der Waals surface area contributed by atoms with Gasteiger partial charge in [-0.3, -0.25) is 14.9 Å². The standard InChI is InChI=1S/C18H14FN3O7/c1-7(2)15(25)13-9(6-12(24)16(26)14(13)22(27)28)18-20-17(21-29-18)8-3-4-10(19)11(23)5-8/h3-7,23-24,26H,1-2H3. The van der Waals surface area contributed by atoms with E-state index in [2.05, 4.69) is 10.1 Å². The number of nitro benzene ring substituents is 1. The van der Waals surface area contributed by atoms with Gasteiger partial charge in [-0.15, -0.1) is 0 Å². The number of phenolic OH excluding ortho intramolecular Hbond substituents is 3. The fourth-order valence-corrected chi connectivity index (χ4v) is 2.63. The van der Waals surface area contributed by atoms with Crippen LogP contribution in [-0.4, -0.2) is 36.2 Å². The van der Waals surface area contributed by atoms with Crippen LogP contribution in [0.2, 0.25) is 0 Å². The first kappa shape index (κ1) is 19.7. The maximum Gasteiger partial charge on any atom is 0.326 e. The van der Waals surface area contributed by atoms with Gasteiger partial charge in [0.1, 0.15) is 5.56 Å². The smallest absolute Gasteiger partial charge is 0.326 e. The summed E-state index contributed by atoms with van der Waals surface area (Å²) >= 11 is 0. The van der Waals surface area contributed by atoms with E-state index < -0.39 is 50.9 Å². The van der Waals surface area contributed by atoms with Crippen molar-refractivity contribution in [3.8, 4) is 40.1 Å². The number of aromatic nitrogens is 2. The predicted octanol–water partition coefficient (Wildman–Crippen LogP) is 3.41. The number of phenols is 3. The molecule has 0 radical (unpaired) electrons. The maximum atomic E-state index is 13.2. The van der Waals surface area contributed by atoms with Gasteiger partial charge in [-0.25, -0.2) is 4.39 Å².